The van der Waals surface area contributed by atoms with Gasteiger partial charge < -0.3 is 0 Å². The summed E-state index contributed by atoms with van der Waals surface area (Å²) in [6, 6.07) is 8.41. The lowest BCUT2D eigenvalue weighted by Crippen LogP contribution is -2.20. The molecular formula is C13H18O. The van der Waals surface area contributed by atoms with Gasteiger partial charge in [0.25, 0.3) is 0 Å². The van der Waals surface area contributed by atoms with Gasteiger partial charge in [-0.15, -0.1) is 0 Å². The van der Waals surface area contributed by atoms with E-state index in [1.54, 1.807) is 6.92 Å². The maximum absolute atomic E-state index is 11.1. The van der Waals surface area contributed by atoms with Crippen LogP contribution in [0.1, 0.15) is 38.3 Å². The second-order valence-electron chi connectivity index (χ2n) is 4.63. The molecule has 0 bridgehead atoms. The van der Waals surface area contributed by atoms with Gasteiger partial charge in [0.15, 0.2) is 0 Å². The monoisotopic (exact) mass is 190 g/mol. The molecule has 0 amide bonds. The van der Waals surface area contributed by atoms with Crippen molar-refractivity contribution in [3.63, 3.8) is 0 Å². The fraction of sp³-hybridized carbons (Fsp3) is 0.462. The molecule has 0 heterocycles. The van der Waals surface area contributed by atoms with Gasteiger partial charge in [-0.25, -0.2) is 0 Å². The van der Waals surface area contributed by atoms with E-state index in [1.165, 1.54) is 11.1 Å². The molecule has 0 aliphatic heterocycles. The molecular weight excluding hydrogens is 172 g/mol. The van der Waals surface area contributed by atoms with Crippen molar-refractivity contribution in [3.05, 3.63) is 35.4 Å². The Morgan fingerprint density at radius 3 is 2.14 bits per heavy atom. The minimum absolute atomic E-state index is 0.0421. The van der Waals surface area contributed by atoms with Crippen molar-refractivity contribution in [2.24, 2.45) is 0 Å². The van der Waals surface area contributed by atoms with Crippen molar-refractivity contribution in [2.75, 3.05) is 0 Å². The molecule has 14 heavy (non-hydrogen) atoms. The Morgan fingerprint density at radius 1 is 1.21 bits per heavy atom. The molecule has 0 saturated heterocycles. The van der Waals surface area contributed by atoms with Crippen LogP contribution in [0.5, 0.6) is 0 Å². The first kappa shape index (κ1) is 11.0. The molecule has 0 spiro atoms. The normalized spacial score (nSPS) is 11.4. The highest BCUT2D eigenvalue weighted by Gasteiger charge is 2.21. The number of hydrogen-bond donors (Lipinski definition) is 0. The van der Waals surface area contributed by atoms with Gasteiger partial charge in [-0.3, -0.25) is 4.79 Å². The number of carbonyl (C=O) groups excluding carboxylic acids is 1. The third kappa shape index (κ3) is 2.69. The van der Waals surface area contributed by atoms with Crippen LogP contribution in [0.4, 0.5) is 0 Å². The highest BCUT2D eigenvalue weighted by molar-refractivity contribution is 5.77. The topological polar surface area (TPSA) is 17.1 Å². The van der Waals surface area contributed by atoms with Crippen molar-refractivity contribution in [2.45, 2.75) is 39.5 Å². The summed E-state index contributed by atoms with van der Waals surface area (Å²) in [5.41, 5.74) is 2.45. The molecule has 0 aromatic heterocycles. The molecule has 0 fully saturated rings. The van der Waals surface area contributed by atoms with Gasteiger partial charge >= 0.3 is 0 Å². The minimum Gasteiger partial charge on any atom is -0.300 e. The van der Waals surface area contributed by atoms with Gasteiger partial charge in [-0.2, -0.15) is 0 Å². The molecule has 0 aliphatic carbocycles. The van der Waals surface area contributed by atoms with Gasteiger partial charge in [0, 0.05) is 6.42 Å². The smallest absolute Gasteiger partial charge is 0.130 e. The minimum atomic E-state index is -0.0421. The number of rotatable bonds is 3. The number of benzene rings is 1. The molecule has 76 valence electrons. The second-order valence-corrected chi connectivity index (χ2v) is 4.63. The molecule has 0 unspecified atom stereocenters. The quantitative estimate of drug-likeness (QED) is 0.715. The molecule has 0 N–H and O–H groups in total. The molecule has 0 aliphatic rings. The molecule has 1 aromatic carbocycles. The molecule has 0 atom stereocenters. The Labute approximate surface area is 86.1 Å². The van der Waals surface area contributed by atoms with Crippen molar-refractivity contribution >= 4 is 5.78 Å². The first-order chi connectivity index (χ1) is 6.42. The Hall–Kier alpha value is -1.11. The van der Waals surface area contributed by atoms with Gasteiger partial charge in [-0.05, 0) is 24.8 Å². The lowest BCUT2D eigenvalue weighted by molar-refractivity contribution is -0.118. The third-order valence-electron chi connectivity index (χ3n) is 2.52. The van der Waals surface area contributed by atoms with Crippen molar-refractivity contribution in [1.29, 1.82) is 0 Å². The summed E-state index contributed by atoms with van der Waals surface area (Å²) in [7, 11) is 0. The van der Waals surface area contributed by atoms with E-state index in [-0.39, 0.29) is 11.2 Å². The zero-order valence-electron chi connectivity index (χ0n) is 9.42. The molecule has 1 rings (SSSR count). The van der Waals surface area contributed by atoms with E-state index in [4.69, 9.17) is 0 Å². The van der Waals surface area contributed by atoms with Crippen molar-refractivity contribution in [3.8, 4) is 0 Å². The maximum Gasteiger partial charge on any atom is 0.130 e. The zero-order valence-corrected chi connectivity index (χ0v) is 9.42. The fourth-order valence-corrected chi connectivity index (χ4v) is 1.73. The third-order valence-corrected chi connectivity index (χ3v) is 2.52. The lowest BCUT2D eigenvalue weighted by Gasteiger charge is -2.23. The van der Waals surface area contributed by atoms with E-state index in [0.717, 1.165) is 0 Å². The van der Waals surface area contributed by atoms with Crippen LogP contribution in [0.25, 0.3) is 0 Å². The average Bonchev–Trinajstić information content (AvgIpc) is 2.02. The van der Waals surface area contributed by atoms with Crippen LogP contribution in [-0.4, -0.2) is 5.78 Å². The number of aryl methyl sites for hydroxylation is 1. The highest BCUT2D eigenvalue weighted by Crippen LogP contribution is 2.27. The van der Waals surface area contributed by atoms with Gasteiger partial charge in [-0.1, -0.05) is 43.7 Å². The number of carbonyl (C=O) groups is 1. The largest absolute Gasteiger partial charge is 0.300 e. The van der Waals surface area contributed by atoms with E-state index in [1.807, 2.05) is 0 Å². The Balaban J connectivity index is 2.91. The van der Waals surface area contributed by atoms with E-state index < -0.39 is 0 Å². The van der Waals surface area contributed by atoms with Crippen LogP contribution in [-0.2, 0) is 10.2 Å². The summed E-state index contributed by atoms with van der Waals surface area (Å²) in [5.74, 6) is 0.246. The van der Waals surface area contributed by atoms with E-state index in [9.17, 15) is 4.79 Å². The zero-order chi connectivity index (χ0) is 10.8. The summed E-state index contributed by atoms with van der Waals surface area (Å²) >= 11 is 0. The lowest BCUT2D eigenvalue weighted by atomic mass is 9.80. The van der Waals surface area contributed by atoms with Crippen LogP contribution in [0.15, 0.2) is 24.3 Å². The van der Waals surface area contributed by atoms with E-state index >= 15 is 0 Å². The van der Waals surface area contributed by atoms with Gasteiger partial charge in [0.1, 0.15) is 5.78 Å². The number of ketones is 1. The van der Waals surface area contributed by atoms with Gasteiger partial charge in [0.2, 0.25) is 0 Å². The summed E-state index contributed by atoms with van der Waals surface area (Å²) in [5, 5.41) is 0. The van der Waals surface area contributed by atoms with Crippen LogP contribution in [0.2, 0.25) is 0 Å². The molecule has 1 nitrogen and oxygen atoms in total. The SMILES string of the molecule is CC(=O)CC(C)(C)c1ccc(C)cc1. The molecule has 0 saturated carbocycles. The maximum atomic E-state index is 11.1. The average molecular weight is 190 g/mol. The first-order valence-electron chi connectivity index (χ1n) is 4.98. The second kappa shape index (κ2) is 3.95. The molecule has 1 heteroatoms. The fourth-order valence-electron chi connectivity index (χ4n) is 1.73. The summed E-state index contributed by atoms with van der Waals surface area (Å²) in [4.78, 5) is 11.1. The highest BCUT2D eigenvalue weighted by atomic mass is 16.1. The van der Waals surface area contributed by atoms with E-state index in [0.29, 0.717) is 6.42 Å². The number of hydrogen-bond acceptors (Lipinski definition) is 1. The molecule has 0 radical (unpaired) electrons. The Morgan fingerprint density at radius 2 is 1.71 bits per heavy atom. The predicted molar refractivity (Wildman–Crippen MR) is 59.5 cm³/mol. The number of Topliss-reactive ketones (excluding diaryl/α,β-unsaturated/α-hetero) is 1. The van der Waals surface area contributed by atoms with Crippen LogP contribution < -0.4 is 0 Å². The van der Waals surface area contributed by atoms with Gasteiger partial charge in [0.05, 0.1) is 0 Å². The van der Waals surface area contributed by atoms with Crippen molar-refractivity contribution < 1.29 is 4.79 Å². The van der Waals surface area contributed by atoms with Crippen LogP contribution in [0, 0.1) is 6.92 Å². The van der Waals surface area contributed by atoms with Crippen LogP contribution in [0.3, 0.4) is 0 Å². The summed E-state index contributed by atoms with van der Waals surface area (Å²) in [6.45, 7) is 7.94. The van der Waals surface area contributed by atoms with Crippen molar-refractivity contribution in [1.82, 2.24) is 0 Å². The Bertz CT molecular complexity index is 320. The molecule has 1 aromatic rings. The summed E-state index contributed by atoms with van der Waals surface area (Å²) in [6.07, 6.45) is 0.607. The van der Waals surface area contributed by atoms with Crippen LogP contribution >= 0.6 is 0 Å². The predicted octanol–water partition coefficient (Wildman–Crippen LogP) is 3.25. The summed E-state index contributed by atoms with van der Waals surface area (Å²) < 4.78 is 0. The van der Waals surface area contributed by atoms with E-state index in [2.05, 4.69) is 45.0 Å². The first-order valence-corrected chi connectivity index (χ1v) is 4.98. The Kier molecular flexibility index (Phi) is 3.10. The standard InChI is InChI=1S/C13H18O/c1-10-5-7-12(8-6-10)13(3,4)9-11(2)14/h5-8H,9H2,1-4H3.